The number of aromatic hydroxyl groups is 2. The number of hydrogen-bond donors (Lipinski definition) is 5. The number of aliphatic carboxylic acids is 1. The molecule has 1 fully saturated rings. The van der Waals surface area contributed by atoms with Crippen molar-refractivity contribution in [2.75, 3.05) is 6.61 Å². The number of thiol groups is 1. The molecule has 0 bridgehead atoms. The predicted molar refractivity (Wildman–Crippen MR) is 103 cm³/mol. The number of phenols is 2. The summed E-state index contributed by atoms with van der Waals surface area (Å²) >= 11 is 0. The number of phenolic OH excluding ortho intramolecular Hbond substituents is 2. The van der Waals surface area contributed by atoms with Crippen LogP contribution in [0.15, 0.2) is 23.3 Å². The van der Waals surface area contributed by atoms with E-state index in [1.807, 2.05) is 5.43 Å². The number of β-lactam (4-membered cyclic amide) rings is 1. The molecule has 1 aliphatic rings. The Kier molecular flexibility index (Phi) is 6.87. The van der Waals surface area contributed by atoms with E-state index in [0.29, 0.717) is 5.56 Å². The van der Waals surface area contributed by atoms with E-state index in [9.17, 15) is 38.1 Å². The van der Waals surface area contributed by atoms with Crippen molar-refractivity contribution >= 4 is 34.9 Å². The number of nitrogens with one attached hydrogen (secondary N) is 1. The Hall–Kier alpha value is -3.35. The van der Waals surface area contributed by atoms with E-state index < -0.39 is 57.9 Å². The average Bonchev–Trinajstić information content (AvgIpc) is 2.66. The molecule has 1 aliphatic heterocycles. The Morgan fingerprint density at radius 2 is 2.07 bits per heavy atom. The fourth-order valence-corrected chi connectivity index (χ4v) is 3.53. The van der Waals surface area contributed by atoms with Gasteiger partial charge in [0.1, 0.15) is 11.4 Å². The second-order valence-corrected chi connectivity index (χ2v) is 8.44. The molecule has 2 rings (SSSR count). The van der Waals surface area contributed by atoms with Gasteiger partial charge in [0.2, 0.25) is 5.91 Å². The van der Waals surface area contributed by atoms with Crippen LogP contribution >= 0.6 is 0 Å². The molecular formula is C17H21N3O9S. The zero-order chi connectivity index (χ0) is 22.6. The predicted octanol–water partition coefficient (Wildman–Crippen LogP) is -0.398. The van der Waals surface area contributed by atoms with Crippen molar-refractivity contribution in [1.82, 2.24) is 10.3 Å². The van der Waals surface area contributed by atoms with E-state index in [-0.39, 0.29) is 12.2 Å². The first-order chi connectivity index (χ1) is 14.0. The second-order valence-electron chi connectivity index (χ2n) is 6.90. The SMILES string of the molecule is C[C@@H]1CC(=O)N1[C@@H](C(=O)O)[C@](C)(COC(=O)N/N=C/c1ccc(O)c(O)c1)[SH](=O)=O. The molecule has 13 heteroatoms. The lowest BCUT2D eigenvalue weighted by molar-refractivity contribution is -0.163. The van der Waals surface area contributed by atoms with Gasteiger partial charge in [-0.05, 0) is 37.6 Å². The van der Waals surface area contributed by atoms with Gasteiger partial charge in [0.05, 0.1) is 6.21 Å². The van der Waals surface area contributed by atoms with Crippen molar-refractivity contribution in [2.24, 2.45) is 5.10 Å². The summed E-state index contributed by atoms with van der Waals surface area (Å²) in [6, 6.07) is 1.58. The fraction of sp³-hybridized carbons (Fsp3) is 0.412. The molecular weight excluding hydrogens is 422 g/mol. The van der Waals surface area contributed by atoms with Crippen molar-refractivity contribution in [2.45, 2.75) is 37.1 Å². The maximum Gasteiger partial charge on any atom is 0.427 e. The number of rotatable bonds is 8. The minimum atomic E-state index is -3.42. The third-order valence-electron chi connectivity index (χ3n) is 4.62. The first-order valence-corrected chi connectivity index (χ1v) is 9.81. The zero-order valence-corrected chi connectivity index (χ0v) is 16.9. The summed E-state index contributed by atoms with van der Waals surface area (Å²) in [5.41, 5.74) is 2.29. The highest BCUT2D eigenvalue weighted by atomic mass is 32.2. The van der Waals surface area contributed by atoms with Crippen molar-refractivity contribution in [3.63, 3.8) is 0 Å². The molecule has 1 saturated heterocycles. The number of carbonyl (C=O) groups is 3. The van der Waals surface area contributed by atoms with Crippen molar-refractivity contribution in [3.05, 3.63) is 23.8 Å². The van der Waals surface area contributed by atoms with Crippen LogP contribution in [0, 0.1) is 0 Å². The zero-order valence-electron chi connectivity index (χ0n) is 16.0. The van der Waals surface area contributed by atoms with Crippen molar-refractivity contribution in [1.29, 1.82) is 0 Å². The minimum Gasteiger partial charge on any atom is -0.504 e. The van der Waals surface area contributed by atoms with E-state index in [2.05, 4.69) is 5.10 Å². The molecule has 164 valence electrons. The Morgan fingerprint density at radius 3 is 2.57 bits per heavy atom. The van der Waals surface area contributed by atoms with E-state index in [4.69, 9.17) is 4.74 Å². The first-order valence-electron chi connectivity index (χ1n) is 8.63. The van der Waals surface area contributed by atoms with E-state index >= 15 is 0 Å². The maximum absolute atomic E-state index is 11.8. The average molecular weight is 443 g/mol. The molecule has 4 N–H and O–H groups in total. The number of carbonyl (C=O) groups excluding carboxylic acids is 2. The van der Waals surface area contributed by atoms with Gasteiger partial charge in [-0.3, -0.25) is 4.79 Å². The van der Waals surface area contributed by atoms with Crippen LogP contribution in [-0.2, 0) is 25.0 Å². The number of carboxylic acid groups (broad SMARTS) is 1. The smallest absolute Gasteiger partial charge is 0.427 e. The maximum atomic E-state index is 11.8. The molecule has 1 aromatic rings. The molecule has 0 unspecified atom stereocenters. The lowest BCUT2D eigenvalue weighted by atomic mass is 9.92. The first kappa shape index (κ1) is 22.9. The van der Waals surface area contributed by atoms with Gasteiger partial charge >= 0.3 is 12.1 Å². The van der Waals surface area contributed by atoms with Crippen LogP contribution in [0.2, 0.25) is 0 Å². The van der Waals surface area contributed by atoms with Crippen LogP contribution < -0.4 is 5.43 Å². The van der Waals surface area contributed by atoms with Gasteiger partial charge < -0.3 is 25.0 Å². The molecule has 0 aliphatic carbocycles. The summed E-state index contributed by atoms with van der Waals surface area (Å²) in [4.78, 5) is 36.3. The number of carboxylic acids is 1. The monoisotopic (exact) mass is 443 g/mol. The number of nitrogens with zero attached hydrogens (tertiary/aromatic N) is 2. The highest BCUT2D eigenvalue weighted by Crippen LogP contribution is 2.30. The van der Waals surface area contributed by atoms with E-state index in [0.717, 1.165) is 18.0 Å². The van der Waals surface area contributed by atoms with Crippen LogP contribution in [0.1, 0.15) is 25.8 Å². The molecule has 0 spiro atoms. The number of ether oxygens (including phenoxy) is 1. The normalized spacial score (nSPS) is 19.2. The summed E-state index contributed by atoms with van der Waals surface area (Å²) in [6.45, 7) is 1.82. The third-order valence-corrected chi connectivity index (χ3v) is 5.82. The van der Waals surface area contributed by atoms with Crippen LogP contribution in [-0.4, -0.2) is 76.3 Å². The number of likely N-dealkylation sites (tertiary alicyclic amines) is 1. The Morgan fingerprint density at radius 1 is 1.40 bits per heavy atom. The molecule has 2 amide bonds. The lowest BCUT2D eigenvalue weighted by Crippen LogP contribution is -2.67. The molecule has 0 radical (unpaired) electrons. The molecule has 1 heterocycles. The van der Waals surface area contributed by atoms with Crippen LogP contribution in [0.5, 0.6) is 11.5 Å². The fourth-order valence-electron chi connectivity index (χ4n) is 2.93. The number of amides is 2. The van der Waals surface area contributed by atoms with Crippen molar-refractivity contribution in [3.8, 4) is 11.5 Å². The molecule has 30 heavy (non-hydrogen) atoms. The van der Waals surface area contributed by atoms with Crippen LogP contribution in [0.25, 0.3) is 0 Å². The summed E-state index contributed by atoms with van der Waals surface area (Å²) in [7, 11) is -3.42. The van der Waals surface area contributed by atoms with Gasteiger partial charge in [-0.2, -0.15) is 5.10 Å². The summed E-state index contributed by atoms with van der Waals surface area (Å²) in [5, 5.41) is 31.7. The number of hydrazone groups is 1. The largest absolute Gasteiger partial charge is 0.504 e. The van der Waals surface area contributed by atoms with Gasteiger partial charge in [-0.25, -0.2) is 23.4 Å². The number of hydrogen-bond acceptors (Lipinski definition) is 9. The number of benzene rings is 1. The summed E-state index contributed by atoms with van der Waals surface area (Å²) in [6.07, 6.45) is 0.0523. The second kappa shape index (κ2) is 8.98. The quantitative estimate of drug-likeness (QED) is 0.117. The minimum absolute atomic E-state index is 0.0956. The Balaban J connectivity index is 2.06. The van der Waals surface area contributed by atoms with E-state index in [1.54, 1.807) is 6.92 Å². The highest BCUT2D eigenvalue weighted by molar-refractivity contribution is 7.74. The van der Waals surface area contributed by atoms with Crippen LogP contribution in [0.3, 0.4) is 0 Å². The Labute approximate surface area is 172 Å². The Bertz CT molecular complexity index is 954. The summed E-state index contributed by atoms with van der Waals surface area (Å²) < 4.78 is 26.4. The molecule has 0 saturated carbocycles. The third kappa shape index (κ3) is 4.79. The molecule has 1 aromatic carbocycles. The van der Waals surface area contributed by atoms with Crippen molar-refractivity contribution < 1.29 is 42.9 Å². The summed E-state index contributed by atoms with van der Waals surface area (Å²) in [5.74, 6) is -2.78. The molecule has 0 aromatic heterocycles. The standard InChI is InChI=1S/C17H21N3O9S/c1-9-5-13(23)20(9)14(15(24)25)17(2,30(27)28)8-29-16(26)19-18-7-10-3-4-11(21)12(22)6-10/h3-4,6-7,9,14,21-22,30H,5,8H2,1-2H3,(H,19,26)(H,24,25)/b18-7+/t9-,14+,17+/m1/s1. The highest BCUT2D eigenvalue weighted by Gasteiger charge is 2.53. The molecule has 3 atom stereocenters. The van der Waals surface area contributed by atoms with Gasteiger partial charge in [0, 0.05) is 12.5 Å². The van der Waals surface area contributed by atoms with Gasteiger partial charge in [0.15, 0.2) is 28.2 Å². The van der Waals surface area contributed by atoms with E-state index in [1.165, 1.54) is 18.2 Å². The molecule has 12 nitrogen and oxygen atoms in total. The van der Waals surface area contributed by atoms with Crippen LogP contribution in [0.4, 0.5) is 4.79 Å². The van der Waals surface area contributed by atoms with Gasteiger partial charge in [0.25, 0.3) is 0 Å². The topological polar surface area (TPSA) is 183 Å². The lowest BCUT2D eigenvalue weighted by Gasteiger charge is -2.46. The van der Waals surface area contributed by atoms with Gasteiger partial charge in [-0.15, -0.1) is 0 Å². The van der Waals surface area contributed by atoms with Gasteiger partial charge in [-0.1, -0.05) is 0 Å².